The standard InChI is InChI=1S/C13H12BrNO2.C2H6/c1-7-4-9(14)5-12-10(7)6-11(8(2)16)13(15-12)17-3;1-2/h4-6H,1-3H3;1-2H3. The zero-order valence-electron chi connectivity index (χ0n) is 11.9. The molecule has 3 nitrogen and oxygen atoms in total. The Balaban J connectivity index is 0.000000861. The largest absolute Gasteiger partial charge is 0.480 e. The number of hydrogen-bond acceptors (Lipinski definition) is 3. The lowest BCUT2D eigenvalue weighted by molar-refractivity contribution is 0.101. The lowest BCUT2D eigenvalue weighted by Crippen LogP contribution is -2.01. The van der Waals surface area contributed by atoms with E-state index in [0.717, 1.165) is 20.9 Å². The van der Waals surface area contributed by atoms with Crippen molar-refractivity contribution >= 4 is 32.6 Å². The van der Waals surface area contributed by atoms with Gasteiger partial charge < -0.3 is 4.74 Å². The summed E-state index contributed by atoms with van der Waals surface area (Å²) in [4.78, 5) is 15.9. The fourth-order valence-corrected chi connectivity index (χ4v) is 2.36. The number of methoxy groups -OCH3 is 1. The molecule has 1 aromatic heterocycles. The first-order valence-electron chi connectivity index (χ1n) is 6.18. The minimum Gasteiger partial charge on any atom is -0.480 e. The van der Waals surface area contributed by atoms with Crippen LogP contribution in [0.5, 0.6) is 5.88 Å². The molecule has 0 aliphatic carbocycles. The van der Waals surface area contributed by atoms with Crippen LogP contribution in [0.15, 0.2) is 22.7 Å². The molecule has 19 heavy (non-hydrogen) atoms. The zero-order valence-corrected chi connectivity index (χ0v) is 13.5. The first kappa shape index (κ1) is 15.6. The molecule has 0 aliphatic heterocycles. The molecule has 0 saturated carbocycles. The minimum absolute atomic E-state index is 0.0430. The van der Waals surface area contributed by atoms with Crippen LogP contribution in [0.1, 0.15) is 36.7 Å². The predicted octanol–water partition coefficient (Wildman–Crippen LogP) is 4.54. The van der Waals surface area contributed by atoms with Crippen LogP contribution in [0.25, 0.3) is 10.9 Å². The Kier molecular flexibility index (Phi) is 5.48. The van der Waals surface area contributed by atoms with E-state index in [1.54, 1.807) is 0 Å². The van der Waals surface area contributed by atoms with Crippen molar-refractivity contribution in [3.05, 3.63) is 33.8 Å². The number of carbonyl (C=O) groups is 1. The van der Waals surface area contributed by atoms with Crippen molar-refractivity contribution < 1.29 is 9.53 Å². The van der Waals surface area contributed by atoms with E-state index in [0.29, 0.717) is 11.4 Å². The van der Waals surface area contributed by atoms with E-state index in [1.807, 2.05) is 39.0 Å². The van der Waals surface area contributed by atoms with Crippen LogP contribution in [0.4, 0.5) is 0 Å². The quantitative estimate of drug-likeness (QED) is 0.761. The molecular formula is C15H18BrNO2. The van der Waals surface area contributed by atoms with Crippen molar-refractivity contribution in [1.29, 1.82) is 0 Å². The van der Waals surface area contributed by atoms with Gasteiger partial charge in [-0.25, -0.2) is 4.98 Å². The SMILES string of the molecule is CC.COc1nc2cc(Br)cc(C)c2cc1C(C)=O. The summed E-state index contributed by atoms with van der Waals surface area (Å²) in [5, 5.41) is 0.971. The third-order valence-corrected chi connectivity index (χ3v) is 3.10. The molecular weight excluding hydrogens is 306 g/mol. The van der Waals surface area contributed by atoms with Crippen LogP contribution in [0.2, 0.25) is 0 Å². The van der Waals surface area contributed by atoms with Gasteiger partial charge in [-0.1, -0.05) is 29.8 Å². The molecule has 102 valence electrons. The molecule has 4 heteroatoms. The number of aromatic nitrogens is 1. The van der Waals surface area contributed by atoms with Crippen molar-refractivity contribution in [2.75, 3.05) is 7.11 Å². The number of benzene rings is 1. The summed E-state index contributed by atoms with van der Waals surface area (Å²) in [5.74, 6) is 0.334. The van der Waals surface area contributed by atoms with Crippen LogP contribution in [0.3, 0.4) is 0 Å². The summed E-state index contributed by atoms with van der Waals surface area (Å²) in [5.41, 5.74) is 2.41. The molecule has 0 saturated heterocycles. The summed E-state index contributed by atoms with van der Waals surface area (Å²) in [7, 11) is 1.52. The van der Waals surface area contributed by atoms with Crippen molar-refractivity contribution in [3.8, 4) is 5.88 Å². The van der Waals surface area contributed by atoms with Gasteiger partial charge in [0.05, 0.1) is 18.2 Å². The summed E-state index contributed by atoms with van der Waals surface area (Å²) in [6.07, 6.45) is 0. The number of ether oxygens (including phenoxy) is 1. The smallest absolute Gasteiger partial charge is 0.224 e. The molecule has 2 aromatic rings. The number of Topliss-reactive ketones (excluding diaryl/α,β-unsaturated/α-hetero) is 1. The van der Waals surface area contributed by atoms with Gasteiger partial charge in [0, 0.05) is 9.86 Å². The van der Waals surface area contributed by atoms with Gasteiger partial charge in [0.25, 0.3) is 0 Å². The highest BCUT2D eigenvalue weighted by Crippen LogP contribution is 2.27. The first-order chi connectivity index (χ1) is 9.02. The molecule has 0 fully saturated rings. The van der Waals surface area contributed by atoms with E-state index in [2.05, 4.69) is 20.9 Å². The summed E-state index contributed by atoms with van der Waals surface area (Å²) in [6.45, 7) is 7.50. The lowest BCUT2D eigenvalue weighted by Gasteiger charge is -2.09. The van der Waals surface area contributed by atoms with E-state index in [-0.39, 0.29) is 5.78 Å². The van der Waals surface area contributed by atoms with Gasteiger partial charge in [0.1, 0.15) is 0 Å². The molecule has 0 spiro atoms. The van der Waals surface area contributed by atoms with Crippen molar-refractivity contribution in [2.24, 2.45) is 0 Å². The molecule has 0 N–H and O–H groups in total. The Morgan fingerprint density at radius 1 is 1.26 bits per heavy atom. The number of hydrogen-bond donors (Lipinski definition) is 0. The molecule has 0 radical (unpaired) electrons. The van der Waals surface area contributed by atoms with E-state index in [4.69, 9.17) is 4.74 Å². The second kappa shape index (κ2) is 6.66. The Morgan fingerprint density at radius 3 is 2.42 bits per heavy atom. The van der Waals surface area contributed by atoms with E-state index in [1.165, 1.54) is 14.0 Å². The highest BCUT2D eigenvalue weighted by Gasteiger charge is 2.12. The third-order valence-electron chi connectivity index (χ3n) is 2.64. The molecule has 0 bridgehead atoms. The maximum Gasteiger partial charge on any atom is 0.224 e. The van der Waals surface area contributed by atoms with Gasteiger partial charge in [-0.15, -0.1) is 0 Å². The summed E-state index contributed by atoms with van der Waals surface area (Å²) < 4.78 is 6.11. The van der Waals surface area contributed by atoms with Crippen LogP contribution in [-0.2, 0) is 0 Å². The average Bonchev–Trinajstić information content (AvgIpc) is 2.39. The topological polar surface area (TPSA) is 39.2 Å². The zero-order chi connectivity index (χ0) is 14.6. The Hall–Kier alpha value is -1.42. The molecule has 0 atom stereocenters. The Bertz CT molecular complexity index is 609. The number of nitrogens with zero attached hydrogens (tertiary/aromatic N) is 1. The van der Waals surface area contributed by atoms with Crippen molar-refractivity contribution in [3.63, 3.8) is 0 Å². The fourth-order valence-electron chi connectivity index (χ4n) is 1.80. The predicted molar refractivity (Wildman–Crippen MR) is 82.1 cm³/mol. The molecule has 0 amide bonds. The van der Waals surface area contributed by atoms with Gasteiger partial charge in [0.2, 0.25) is 5.88 Å². The van der Waals surface area contributed by atoms with Gasteiger partial charge >= 0.3 is 0 Å². The van der Waals surface area contributed by atoms with Gasteiger partial charge in [0.15, 0.2) is 5.78 Å². The average molecular weight is 324 g/mol. The second-order valence-electron chi connectivity index (χ2n) is 3.89. The van der Waals surface area contributed by atoms with Crippen molar-refractivity contribution in [1.82, 2.24) is 4.98 Å². The molecule has 0 unspecified atom stereocenters. The van der Waals surface area contributed by atoms with Crippen molar-refractivity contribution in [2.45, 2.75) is 27.7 Å². The molecule has 2 rings (SSSR count). The first-order valence-corrected chi connectivity index (χ1v) is 6.98. The van der Waals surface area contributed by atoms with Gasteiger partial charge in [-0.3, -0.25) is 4.79 Å². The summed E-state index contributed by atoms with van der Waals surface area (Å²) >= 11 is 3.43. The van der Waals surface area contributed by atoms with E-state index < -0.39 is 0 Å². The number of pyridine rings is 1. The lowest BCUT2D eigenvalue weighted by atomic mass is 10.1. The number of rotatable bonds is 2. The number of carbonyl (C=O) groups excluding carboxylic acids is 1. The van der Waals surface area contributed by atoms with Crippen LogP contribution < -0.4 is 4.74 Å². The van der Waals surface area contributed by atoms with E-state index in [9.17, 15) is 4.79 Å². The monoisotopic (exact) mass is 323 g/mol. The van der Waals surface area contributed by atoms with Gasteiger partial charge in [-0.2, -0.15) is 0 Å². The second-order valence-corrected chi connectivity index (χ2v) is 4.81. The fraction of sp³-hybridized carbons (Fsp3) is 0.333. The third kappa shape index (κ3) is 3.32. The number of halogens is 1. The molecule has 0 aliphatic rings. The molecule has 1 aromatic carbocycles. The van der Waals surface area contributed by atoms with Crippen LogP contribution in [0, 0.1) is 6.92 Å². The summed E-state index contributed by atoms with van der Waals surface area (Å²) in [6, 6.07) is 5.75. The number of ketones is 1. The minimum atomic E-state index is -0.0430. The Morgan fingerprint density at radius 2 is 1.89 bits per heavy atom. The highest BCUT2D eigenvalue weighted by molar-refractivity contribution is 9.10. The normalized spacial score (nSPS) is 9.79. The van der Waals surface area contributed by atoms with Crippen LogP contribution in [-0.4, -0.2) is 17.9 Å². The Labute approximate surface area is 122 Å². The maximum atomic E-state index is 11.5. The van der Waals surface area contributed by atoms with Gasteiger partial charge in [-0.05, 0) is 37.6 Å². The number of fused-ring (bicyclic) bond motifs is 1. The van der Waals surface area contributed by atoms with Crippen LogP contribution >= 0.6 is 15.9 Å². The van der Waals surface area contributed by atoms with E-state index >= 15 is 0 Å². The number of aryl methyl sites for hydroxylation is 1. The maximum absolute atomic E-state index is 11.5. The highest BCUT2D eigenvalue weighted by atomic mass is 79.9. The molecule has 1 heterocycles.